The Morgan fingerprint density at radius 2 is 1.20 bits per heavy atom. The molecule has 2 bridgehead atoms. The summed E-state index contributed by atoms with van der Waals surface area (Å²) in [7, 11) is 0. The van der Waals surface area contributed by atoms with Gasteiger partial charge in [0.1, 0.15) is 0 Å². The average Bonchev–Trinajstić information content (AvgIpc) is 2.70. The molecule has 0 amide bonds. The third-order valence-electron chi connectivity index (χ3n) is 5.43. The zero-order chi connectivity index (χ0) is 21.9. The third kappa shape index (κ3) is 7.08. The molecule has 0 radical (unpaired) electrons. The minimum Gasteiger partial charge on any atom is -0.466 e. The molecule has 3 aliphatic carbocycles. The fourth-order valence-corrected chi connectivity index (χ4v) is 3.82. The van der Waals surface area contributed by atoms with Crippen molar-refractivity contribution in [1.29, 1.82) is 0 Å². The van der Waals surface area contributed by atoms with Crippen LogP contribution in [-0.2, 0) is 28.7 Å². The first-order valence-electron chi connectivity index (χ1n) is 10.9. The first-order valence-corrected chi connectivity index (χ1v) is 10.9. The molecule has 0 N–H and O–H groups in total. The van der Waals surface area contributed by atoms with E-state index in [0.29, 0.717) is 24.0 Å². The highest BCUT2D eigenvalue weighted by Gasteiger charge is 2.29. The summed E-state index contributed by atoms with van der Waals surface area (Å²) in [5.41, 5.74) is 0.661. The Bertz CT molecular complexity index is 681. The first-order chi connectivity index (χ1) is 14.5. The number of allylic oxidation sites excluding steroid dienone is 6. The Morgan fingerprint density at radius 3 is 1.57 bits per heavy atom. The van der Waals surface area contributed by atoms with Crippen molar-refractivity contribution in [2.75, 3.05) is 13.2 Å². The van der Waals surface area contributed by atoms with Crippen LogP contribution in [0.4, 0.5) is 0 Å². The van der Waals surface area contributed by atoms with Crippen molar-refractivity contribution < 1.29 is 28.7 Å². The van der Waals surface area contributed by atoms with Gasteiger partial charge in [-0.05, 0) is 77.4 Å². The van der Waals surface area contributed by atoms with E-state index in [1.54, 1.807) is 13.8 Å². The van der Waals surface area contributed by atoms with Gasteiger partial charge in [0.15, 0.2) is 11.6 Å². The molecule has 6 heteroatoms. The van der Waals surface area contributed by atoms with Crippen molar-refractivity contribution in [3.8, 4) is 0 Å². The summed E-state index contributed by atoms with van der Waals surface area (Å²) in [6.07, 6.45) is 11.7. The van der Waals surface area contributed by atoms with E-state index in [1.165, 1.54) is 12.2 Å². The molecule has 0 spiro atoms. The molecule has 6 nitrogen and oxygen atoms in total. The highest BCUT2D eigenvalue weighted by molar-refractivity contribution is 6.20. The average molecular weight is 417 g/mol. The summed E-state index contributed by atoms with van der Waals surface area (Å²) >= 11 is 0. The van der Waals surface area contributed by atoms with Crippen molar-refractivity contribution in [2.24, 2.45) is 11.8 Å². The number of rotatable bonds is 4. The molecular formula is C24H32O6. The molecule has 0 saturated heterocycles. The van der Waals surface area contributed by atoms with Crippen LogP contribution in [0.15, 0.2) is 35.5 Å². The van der Waals surface area contributed by atoms with Crippen molar-refractivity contribution in [3.05, 3.63) is 35.5 Å². The normalized spacial score (nSPS) is 24.6. The highest BCUT2D eigenvalue weighted by atomic mass is 16.5. The van der Waals surface area contributed by atoms with E-state index in [4.69, 9.17) is 9.47 Å². The number of fused-ring (bicyclic) bond motifs is 12. The molecule has 0 aliphatic heterocycles. The third-order valence-corrected chi connectivity index (χ3v) is 5.43. The SMILES string of the molecule is CCOC(=O)C1CCC/C=C/CCCC(C(=O)OCC)CC2=CC(=O)C(=CC2=O)C1. The van der Waals surface area contributed by atoms with E-state index in [1.807, 2.05) is 0 Å². The number of ether oxygens (including phenoxy) is 2. The number of hydrogen-bond donors (Lipinski definition) is 0. The van der Waals surface area contributed by atoms with Gasteiger partial charge in [0.05, 0.1) is 25.0 Å². The molecule has 0 heterocycles. The van der Waals surface area contributed by atoms with Crippen LogP contribution in [-0.4, -0.2) is 36.7 Å². The van der Waals surface area contributed by atoms with Crippen LogP contribution in [0.3, 0.4) is 0 Å². The Morgan fingerprint density at radius 1 is 0.800 bits per heavy atom. The van der Waals surface area contributed by atoms with Gasteiger partial charge in [-0.2, -0.15) is 0 Å². The number of carbonyl (C=O) groups excluding carboxylic acids is 4. The maximum Gasteiger partial charge on any atom is 0.309 e. The monoisotopic (exact) mass is 416 g/mol. The summed E-state index contributed by atoms with van der Waals surface area (Å²) in [6, 6.07) is 0. The molecule has 0 aromatic heterocycles. The lowest BCUT2D eigenvalue weighted by Crippen LogP contribution is -2.24. The lowest BCUT2D eigenvalue weighted by atomic mass is 9.84. The molecule has 30 heavy (non-hydrogen) atoms. The van der Waals surface area contributed by atoms with E-state index in [0.717, 1.165) is 25.7 Å². The lowest BCUT2D eigenvalue weighted by molar-refractivity contribution is -0.149. The van der Waals surface area contributed by atoms with E-state index in [9.17, 15) is 19.2 Å². The molecule has 3 rings (SSSR count). The summed E-state index contributed by atoms with van der Waals surface area (Å²) in [5.74, 6) is -2.10. The second-order valence-corrected chi connectivity index (χ2v) is 7.71. The van der Waals surface area contributed by atoms with Crippen LogP contribution in [0.5, 0.6) is 0 Å². The Balaban J connectivity index is 2.25. The first kappa shape index (κ1) is 23.8. The van der Waals surface area contributed by atoms with Crippen LogP contribution in [0.25, 0.3) is 0 Å². The van der Waals surface area contributed by atoms with E-state index < -0.39 is 11.8 Å². The Labute approximate surface area is 178 Å². The number of esters is 2. The van der Waals surface area contributed by atoms with Crippen molar-refractivity contribution in [3.63, 3.8) is 0 Å². The van der Waals surface area contributed by atoms with Crippen molar-refractivity contribution in [2.45, 2.75) is 65.2 Å². The molecule has 0 saturated carbocycles. The number of ketones is 2. The molecule has 164 valence electrons. The second kappa shape index (κ2) is 12.3. The van der Waals surface area contributed by atoms with E-state index >= 15 is 0 Å². The minimum absolute atomic E-state index is 0.193. The second-order valence-electron chi connectivity index (χ2n) is 7.71. The largest absolute Gasteiger partial charge is 0.466 e. The predicted molar refractivity (Wildman–Crippen MR) is 113 cm³/mol. The van der Waals surface area contributed by atoms with Crippen molar-refractivity contribution in [1.82, 2.24) is 0 Å². The molecule has 2 unspecified atom stereocenters. The summed E-state index contributed by atoms with van der Waals surface area (Å²) in [5, 5.41) is 0. The van der Waals surface area contributed by atoms with Gasteiger partial charge in [-0.3, -0.25) is 19.2 Å². The highest BCUT2D eigenvalue weighted by Crippen LogP contribution is 2.28. The van der Waals surface area contributed by atoms with Crippen molar-refractivity contribution >= 4 is 23.5 Å². The maximum atomic E-state index is 12.7. The maximum absolute atomic E-state index is 12.7. The molecule has 0 fully saturated rings. The number of carbonyl (C=O) groups is 4. The zero-order valence-electron chi connectivity index (χ0n) is 18.0. The van der Waals surface area contributed by atoms with Gasteiger partial charge in [0.2, 0.25) is 0 Å². The van der Waals surface area contributed by atoms with Gasteiger partial charge < -0.3 is 9.47 Å². The summed E-state index contributed by atoms with van der Waals surface area (Å²) in [6.45, 7) is 4.06. The van der Waals surface area contributed by atoms with Gasteiger partial charge in [0, 0.05) is 11.1 Å². The van der Waals surface area contributed by atoms with E-state index in [-0.39, 0.29) is 49.6 Å². The quantitative estimate of drug-likeness (QED) is 0.390. The van der Waals surface area contributed by atoms with Crippen LogP contribution in [0.1, 0.15) is 65.2 Å². The van der Waals surface area contributed by atoms with Gasteiger partial charge in [-0.15, -0.1) is 0 Å². The van der Waals surface area contributed by atoms with Gasteiger partial charge >= 0.3 is 11.9 Å². The predicted octanol–water partition coefficient (Wildman–Crippen LogP) is 4.04. The molecule has 0 aromatic carbocycles. The standard InChI is InChI=1S/C24H32O6/c1-3-29-23(27)17-11-9-7-5-6-8-10-12-18(24(28)30-4-2)14-20-16-21(25)19(13-17)15-22(20)26/h5-6,15-18H,3-4,7-14H2,1-2H3/b6-5+. The topological polar surface area (TPSA) is 86.7 Å². The van der Waals surface area contributed by atoms with Crippen LogP contribution >= 0.6 is 0 Å². The summed E-state index contributed by atoms with van der Waals surface area (Å²) in [4.78, 5) is 50.0. The van der Waals surface area contributed by atoms with Crippen LogP contribution in [0.2, 0.25) is 0 Å². The van der Waals surface area contributed by atoms with Gasteiger partial charge in [-0.25, -0.2) is 0 Å². The van der Waals surface area contributed by atoms with Crippen LogP contribution < -0.4 is 0 Å². The number of hydrogen-bond acceptors (Lipinski definition) is 6. The smallest absolute Gasteiger partial charge is 0.309 e. The van der Waals surface area contributed by atoms with E-state index in [2.05, 4.69) is 12.2 Å². The summed E-state index contributed by atoms with van der Waals surface area (Å²) < 4.78 is 10.3. The molecular weight excluding hydrogens is 384 g/mol. The fourth-order valence-electron chi connectivity index (χ4n) is 3.82. The zero-order valence-corrected chi connectivity index (χ0v) is 18.0. The Hall–Kier alpha value is -2.50. The fraction of sp³-hybridized carbons (Fsp3) is 0.583. The molecule has 3 aliphatic rings. The Kier molecular flexibility index (Phi) is 9.71. The van der Waals surface area contributed by atoms with Crippen LogP contribution in [0, 0.1) is 11.8 Å². The van der Waals surface area contributed by atoms with Gasteiger partial charge in [0.25, 0.3) is 0 Å². The lowest BCUT2D eigenvalue weighted by Gasteiger charge is -2.20. The molecule has 2 atom stereocenters. The minimum atomic E-state index is -0.448. The van der Waals surface area contributed by atoms with Gasteiger partial charge in [-0.1, -0.05) is 12.2 Å². The molecule has 0 aromatic rings.